The molecule has 1 amide bonds. The molecule has 0 aliphatic heterocycles. The Balaban J connectivity index is 1.88. The summed E-state index contributed by atoms with van der Waals surface area (Å²) in [7, 11) is 0. The van der Waals surface area contributed by atoms with Crippen LogP contribution < -0.4 is 5.32 Å². The van der Waals surface area contributed by atoms with Crippen LogP contribution in [0.25, 0.3) is 0 Å². The molecule has 0 aromatic carbocycles. The Morgan fingerprint density at radius 2 is 2.20 bits per heavy atom. The fraction of sp³-hybridized carbons (Fsp3) is 0.182. The second kappa shape index (κ2) is 5.78. The van der Waals surface area contributed by atoms with Crippen molar-refractivity contribution in [2.45, 2.75) is 6.54 Å². The summed E-state index contributed by atoms with van der Waals surface area (Å²) in [6, 6.07) is 1.39. The van der Waals surface area contributed by atoms with Gasteiger partial charge in [-0.25, -0.2) is 9.48 Å². The minimum Gasteiger partial charge on any atom is -0.505 e. The van der Waals surface area contributed by atoms with E-state index < -0.39 is 11.9 Å². The quantitative estimate of drug-likeness (QED) is 0.672. The van der Waals surface area contributed by atoms with Crippen molar-refractivity contribution >= 4 is 11.9 Å². The average molecular weight is 277 g/mol. The predicted molar refractivity (Wildman–Crippen MR) is 65.2 cm³/mol. The molecule has 2 rings (SSSR count). The number of aromatic hydroxyl groups is 1. The maximum absolute atomic E-state index is 11.7. The lowest BCUT2D eigenvalue weighted by Gasteiger charge is -2.05. The molecular weight excluding hydrogens is 266 g/mol. The number of carbonyl (C=O) groups excluding carboxylic acids is 1. The number of carboxylic acid groups (broad SMARTS) is 1. The zero-order valence-electron chi connectivity index (χ0n) is 10.2. The van der Waals surface area contributed by atoms with Crippen LogP contribution in [0.3, 0.4) is 0 Å². The molecule has 0 radical (unpaired) electrons. The summed E-state index contributed by atoms with van der Waals surface area (Å²) in [4.78, 5) is 26.0. The third kappa shape index (κ3) is 3.07. The summed E-state index contributed by atoms with van der Waals surface area (Å²) in [5.41, 5.74) is -0.0482. The van der Waals surface area contributed by atoms with Crippen LogP contribution in [-0.2, 0) is 6.54 Å². The maximum Gasteiger partial charge on any atom is 0.358 e. The summed E-state index contributed by atoms with van der Waals surface area (Å²) >= 11 is 0. The van der Waals surface area contributed by atoms with Gasteiger partial charge < -0.3 is 15.5 Å². The van der Waals surface area contributed by atoms with E-state index in [1.54, 1.807) is 0 Å². The average Bonchev–Trinajstić information content (AvgIpc) is 2.88. The molecule has 0 saturated carbocycles. The number of aromatic carboxylic acids is 1. The molecule has 0 aliphatic rings. The van der Waals surface area contributed by atoms with E-state index in [0.29, 0.717) is 0 Å². The summed E-state index contributed by atoms with van der Waals surface area (Å²) in [6.45, 7) is 0.473. The standard InChI is InChI=1S/C11H11N5O4/c17-9-5-12-2-1-7(9)10(18)13-3-4-16-6-8(11(19)20)14-15-16/h1-2,5-6,17H,3-4H2,(H,13,18)(H,19,20). The van der Waals surface area contributed by atoms with Gasteiger partial charge in [-0.1, -0.05) is 5.21 Å². The highest BCUT2D eigenvalue weighted by Gasteiger charge is 2.11. The van der Waals surface area contributed by atoms with E-state index in [2.05, 4.69) is 20.6 Å². The second-order valence-electron chi connectivity index (χ2n) is 3.82. The number of pyridine rings is 1. The Kier molecular flexibility index (Phi) is 3.89. The normalized spacial score (nSPS) is 10.2. The van der Waals surface area contributed by atoms with Gasteiger partial charge in [0.2, 0.25) is 0 Å². The number of nitrogens with one attached hydrogen (secondary N) is 1. The van der Waals surface area contributed by atoms with Gasteiger partial charge in [0.05, 0.1) is 24.5 Å². The number of nitrogens with zero attached hydrogens (tertiary/aromatic N) is 4. The van der Waals surface area contributed by atoms with Gasteiger partial charge in [0.1, 0.15) is 5.75 Å². The Bertz CT molecular complexity index is 639. The molecule has 2 aromatic heterocycles. The second-order valence-corrected chi connectivity index (χ2v) is 3.82. The molecule has 3 N–H and O–H groups in total. The first-order chi connectivity index (χ1) is 9.58. The maximum atomic E-state index is 11.7. The van der Waals surface area contributed by atoms with Gasteiger partial charge in [0.15, 0.2) is 5.69 Å². The first-order valence-electron chi connectivity index (χ1n) is 5.62. The molecule has 0 spiro atoms. The van der Waals surface area contributed by atoms with E-state index in [0.717, 1.165) is 0 Å². The number of aromatic nitrogens is 4. The fourth-order valence-electron chi connectivity index (χ4n) is 1.46. The van der Waals surface area contributed by atoms with Crippen LogP contribution in [0.2, 0.25) is 0 Å². The number of amides is 1. The Labute approximate surface area is 112 Å². The third-order valence-electron chi connectivity index (χ3n) is 2.43. The number of carbonyl (C=O) groups is 2. The van der Waals surface area contributed by atoms with Crippen LogP contribution in [0.15, 0.2) is 24.7 Å². The van der Waals surface area contributed by atoms with Crippen molar-refractivity contribution in [3.63, 3.8) is 0 Å². The first kappa shape index (κ1) is 13.5. The molecular formula is C11H11N5O4. The zero-order valence-corrected chi connectivity index (χ0v) is 10.2. The van der Waals surface area contributed by atoms with Crippen molar-refractivity contribution in [2.24, 2.45) is 0 Å². The highest BCUT2D eigenvalue weighted by Crippen LogP contribution is 2.12. The van der Waals surface area contributed by atoms with Gasteiger partial charge in [-0.3, -0.25) is 9.78 Å². The number of carboxylic acids is 1. The monoisotopic (exact) mass is 277 g/mol. The van der Waals surface area contributed by atoms with Crippen molar-refractivity contribution in [3.05, 3.63) is 35.9 Å². The SMILES string of the molecule is O=C(O)c1cn(CCNC(=O)c2ccncc2O)nn1. The molecule has 2 heterocycles. The largest absolute Gasteiger partial charge is 0.505 e. The van der Waals surface area contributed by atoms with Crippen LogP contribution in [-0.4, -0.2) is 48.6 Å². The van der Waals surface area contributed by atoms with Crippen LogP contribution in [0.4, 0.5) is 0 Å². The van der Waals surface area contributed by atoms with Crippen LogP contribution >= 0.6 is 0 Å². The number of hydrogen-bond donors (Lipinski definition) is 3. The van der Waals surface area contributed by atoms with Crippen molar-refractivity contribution in [1.82, 2.24) is 25.3 Å². The zero-order chi connectivity index (χ0) is 14.5. The van der Waals surface area contributed by atoms with Crippen LogP contribution in [0, 0.1) is 0 Å². The molecule has 104 valence electrons. The Hall–Kier alpha value is -2.97. The van der Waals surface area contributed by atoms with E-state index >= 15 is 0 Å². The van der Waals surface area contributed by atoms with Gasteiger partial charge in [0.25, 0.3) is 5.91 Å². The van der Waals surface area contributed by atoms with Crippen molar-refractivity contribution in [2.75, 3.05) is 6.54 Å². The summed E-state index contributed by atoms with van der Waals surface area (Å²) in [5.74, 6) is -1.83. The fourth-order valence-corrected chi connectivity index (χ4v) is 1.46. The molecule has 20 heavy (non-hydrogen) atoms. The van der Waals surface area contributed by atoms with E-state index in [1.807, 2.05) is 0 Å². The van der Waals surface area contributed by atoms with Crippen LogP contribution in [0.1, 0.15) is 20.8 Å². The van der Waals surface area contributed by atoms with Crippen LogP contribution in [0.5, 0.6) is 5.75 Å². The van der Waals surface area contributed by atoms with Crippen molar-refractivity contribution < 1.29 is 19.8 Å². The molecule has 2 aromatic rings. The highest BCUT2D eigenvalue weighted by atomic mass is 16.4. The molecule has 0 atom stereocenters. The van der Waals surface area contributed by atoms with E-state index in [4.69, 9.17) is 5.11 Å². The van der Waals surface area contributed by atoms with Gasteiger partial charge >= 0.3 is 5.97 Å². The molecule has 0 saturated heterocycles. The summed E-state index contributed by atoms with van der Waals surface area (Å²) < 4.78 is 1.30. The molecule has 0 fully saturated rings. The lowest BCUT2D eigenvalue weighted by atomic mass is 10.2. The molecule has 0 unspecified atom stereocenters. The molecule has 0 aliphatic carbocycles. The summed E-state index contributed by atoms with van der Waals surface area (Å²) in [6.07, 6.45) is 3.83. The van der Waals surface area contributed by atoms with Gasteiger partial charge in [-0.2, -0.15) is 0 Å². The minimum absolute atomic E-state index is 0.116. The lowest BCUT2D eigenvalue weighted by molar-refractivity contribution is 0.0690. The highest BCUT2D eigenvalue weighted by molar-refractivity contribution is 5.96. The van der Waals surface area contributed by atoms with Gasteiger partial charge in [-0.05, 0) is 6.07 Å². The first-order valence-corrected chi connectivity index (χ1v) is 5.62. The Morgan fingerprint density at radius 1 is 1.40 bits per heavy atom. The molecule has 0 bridgehead atoms. The topological polar surface area (TPSA) is 130 Å². The number of rotatable bonds is 5. The van der Waals surface area contributed by atoms with E-state index in [1.165, 1.54) is 29.3 Å². The summed E-state index contributed by atoms with van der Waals surface area (Å²) in [5, 5.41) is 27.7. The van der Waals surface area contributed by atoms with E-state index in [9.17, 15) is 14.7 Å². The Morgan fingerprint density at radius 3 is 2.85 bits per heavy atom. The third-order valence-corrected chi connectivity index (χ3v) is 2.43. The van der Waals surface area contributed by atoms with Gasteiger partial charge in [-0.15, -0.1) is 5.10 Å². The van der Waals surface area contributed by atoms with Gasteiger partial charge in [0, 0.05) is 12.7 Å². The van der Waals surface area contributed by atoms with E-state index in [-0.39, 0.29) is 30.1 Å². The lowest BCUT2D eigenvalue weighted by Crippen LogP contribution is -2.27. The van der Waals surface area contributed by atoms with Crippen molar-refractivity contribution in [1.29, 1.82) is 0 Å². The minimum atomic E-state index is -1.16. The predicted octanol–water partition coefficient (Wildman–Crippen LogP) is -0.493. The molecule has 9 nitrogen and oxygen atoms in total. The molecule has 9 heteroatoms. The smallest absolute Gasteiger partial charge is 0.358 e. The van der Waals surface area contributed by atoms with Crippen molar-refractivity contribution in [3.8, 4) is 5.75 Å². The number of hydrogen-bond acceptors (Lipinski definition) is 6.